The first kappa shape index (κ1) is 23.2. The average Bonchev–Trinajstić information content (AvgIpc) is 0.722. The zero-order valence-corrected chi connectivity index (χ0v) is 5.84. The van der Waals surface area contributed by atoms with Crippen molar-refractivity contribution in [1.29, 1.82) is 0 Å². The SMILES string of the molecule is C.N.O=P([O-])([O-])O.[Mg+2]. The molecule has 0 aliphatic heterocycles. The Kier molecular flexibility index (Phi) is 22.7. The minimum Gasteiger partial charge on any atom is -0.790 e. The van der Waals surface area contributed by atoms with E-state index in [-0.39, 0.29) is 36.6 Å². The van der Waals surface area contributed by atoms with Crippen LogP contribution in [-0.2, 0) is 4.57 Å². The van der Waals surface area contributed by atoms with Crippen LogP contribution in [0.4, 0.5) is 0 Å². The van der Waals surface area contributed by atoms with Gasteiger partial charge in [-0.15, -0.1) is 0 Å². The Bertz CT molecular complexity index is 62.2. The van der Waals surface area contributed by atoms with Gasteiger partial charge in [-0.2, -0.15) is 0 Å². The fraction of sp³-hybridized carbons (Fsp3) is 1.00. The van der Waals surface area contributed by atoms with Crippen LogP contribution < -0.4 is 15.9 Å². The van der Waals surface area contributed by atoms with Crippen molar-refractivity contribution in [3.8, 4) is 0 Å². The van der Waals surface area contributed by atoms with Crippen molar-refractivity contribution < 1.29 is 19.2 Å². The summed E-state index contributed by atoms with van der Waals surface area (Å²) in [6.45, 7) is 0. The Morgan fingerprint density at radius 3 is 1.38 bits per heavy atom. The minimum absolute atomic E-state index is 0. The Morgan fingerprint density at radius 2 is 1.38 bits per heavy atom. The van der Waals surface area contributed by atoms with Crippen molar-refractivity contribution in [3.63, 3.8) is 0 Å². The number of rotatable bonds is 0. The monoisotopic (exact) mass is 153 g/mol. The van der Waals surface area contributed by atoms with Gasteiger partial charge < -0.3 is 25.4 Å². The van der Waals surface area contributed by atoms with Crippen LogP contribution >= 0.6 is 7.82 Å². The zero-order valence-electron chi connectivity index (χ0n) is 3.53. The second kappa shape index (κ2) is 7.84. The molecule has 0 aromatic rings. The van der Waals surface area contributed by atoms with Crippen LogP contribution in [0, 0.1) is 0 Å². The predicted octanol–water partition coefficient (Wildman–Crippen LogP) is -1.78. The summed E-state index contributed by atoms with van der Waals surface area (Å²) in [4.78, 5) is 24.3. The van der Waals surface area contributed by atoms with Gasteiger partial charge in [0.25, 0.3) is 0 Å². The van der Waals surface area contributed by atoms with E-state index >= 15 is 0 Å². The molecule has 7 heteroatoms. The van der Waals surface area contributed by atoms with Crippen LogP contribution in [0.5, 0.6) is 0 Å². The molecule has 0 radical (unpaired) electrons. The maximum absolute atomic E-state index is 8.66. The van der Waals surface area contributed by atoms with E-state index in [1.165, 1.54) is 0 Å². The average molecular weight is 153 g/mol. The van der Waals surface area contributed by atoms with Gasteiger partial charge in [-0.25, -0.2) is 0 Å². The van der Waals surface area contributed by atoms with Gasteiger partial charge in [-0.3, -0.25) is 0 Å². The van der Waals surface area contributed by atoms with Gasteiger partial charge >= 0.3 is 23.1 Å². The second-order valence-electron chi connectivity index (χ2n) is 0.469. The third-order valence-electron chi connectivity index (χ3n) is 0. The molecule has 0 aliphatic rings. The van der Waals surface area contributed by atoms with Gasteiger partial charge in [0.05, 0.1) is 7.82 Å². The molecule has 5 nitrogen and oxygen atoms in total. The molecular formula is CH8MgNO4P. The van der Waals surface area contributed by atoms with Gasteiger partial charge in [-0.05, 0) is 0 Å². The fourth-order valence-electron chi connectivity index (χ4n) is 0. The molecule has 8 heavy (non-hydrogen) atoms. The van der Waals surface area contributed by atoms with Crippen LogP contribution in [-0.4, -0.2) is 27.9 Å². The van der Waals surface area contributed by atoms with E-state index in [9.17, 15) is 0 Å². The molecule has 0 saturated carbocycles. The Balaban J connectivity index is -0.0000000267. The summed E-state index contributed by atoms with van der Waals surface area (Å²) in [6.07, 6.45) is 0. The van der Waals surface area contributed by atoms with E-state index in [4.69, 9.17) is 19.2 Å². The van der Waals surface area contributed by atoms with Crippen molar-refractivity contribution >= 4 is 30.9 Å². The second-order valence-corrected chi connectivity index (χ2v) is 1.41. The number of hydrogen-bond donors (Lipinski definition) is 2. The summed E-state index contributed by atoms with van der Waals surface area (Å²) >= 11 is 0. The fourth-order valence-corrected chi connectivity index (χ4v) is 0. The molecule has 0 aromatic carbocycles. The molecule has 0 saturated heterocycles. The largest absolute Gasteiger partial charge is 2.00 e. The first-order chi connectivity index (χ1) is 2.00. The van der Waals surface area contributed by atoms with Crippen molar-refractivity contribution in [2.45, 2.75) is 7.43 Å². The molecule has 0 aromatic heterocycles. The van der Waals surface area contributed by atoms with Crippen molar-refractivity contribution in [2.75, 3.05) is 0 Å². The van der Waals surface area contributed by atoms with Gasteiger partial charge in [0.1, 0.15) is 0 Å². The van der Waals surface area contributed by atoms with Gasteiger partial charge in [-0.1, -0.05) is 7.43 Å². The molecule has 0 atom stereocenters. The van der Waals surface area contributed by atoms with E-state index in [1.807, 2.05) is 0 Å². The van der Waals surface area contributed by atoms with Gasteiger partial charge in [0, 0.05) is 0 Å². The third kappa shape index (κ3) is 333. The van der Waals surface area contributed by atoms with Crippen LogP contribution in [0.2, 0.25) is 0 Å². The molecule has 0 rings (SSSR count). The quantitative estimate of drug-likeness (QED) is 0.315. The van der Waals surface area contributed by atoms with Crippen LogP contribution in [0.1, 0.15) is 7.43 Å². The van der Waals surface area contributed by atoms with Crippen LogP contribution in [0.25, 0.3) is 0 Å². The molecule has 0 amide bonds. The summed E-state index contributed by atoms with van der Waals surface area (Å²) in [5.41, 5.74) is 0. The first-order valence-corrected chi connectivity index (χ1v) is 2.24. The summed E-state index contributed by atoms with van der Waals surface area (Å²) in [5.74, 6) is 0. The van der Waals surface area contributed by atoms with Crippen LogP contribution in [0.15, 0.2) is 0 Å². The van der Waals surface area contributed by atoms with Crippen LogP contribution in [0.3, 0.4) is 0 Å². The molecule has 0 fully saturated rings. The van der Waals surface area contributed by atoms with E-state index in [0.29, 0.717) is 0 Å². The maximum atomic E-state index is 8.66. The maximum Gasteiger partial charge on any atom is 2.00 e. The van der Waals surface area contributed by atoms with E-state index in [1.54, 1.807) is 0 Å². The van der Waals surface area contributed by atoms with Crippen molar-refractivity contribution in [2.24, 2.45) is 0 Å². The van der Waals surface area contributed by atoms with Crippen molar-refractivity contribution in [1.82, 2.24) is 6.15 Å². The summed E-state index contributed by atoms with van der Waals surface area (Å²) in [7, 11) is -5.14. The third-order valence-corrected chi connectivity index (χ3v) is 0. The van der Waals surface area contributed by atoms with E-state index < -0.39 is 7.82 Å². The molecule has 4 N–H and O–H groups in total. The molecular weight excluding hydrogens is 145 g/mol. The predicted molar refractivity (Wildman–Crippen MR) is 27.3 cm³/mol. The van der Waals surface area contributed by atoms with E-state index in [0.717, 1.165) is 0 Å². The standard InChI is InChI=1S/CH4.Mg.H3N.H3O4P/c;;;1-5(2,3)4/h1H4;;1H3;(H3,1,2,3,4)/q;+2;;/p-2. The first-order valence-electron chi connectivity index (χ1n) is 0.748. The van der Waals surface area contributed by atoms with Gasteiger partial charge in [0.2, 0.25) is 0 Å². The Morgan fingerprint density at radius 1 is 1.38 bits per heavy atom. The van der Waals surface area contributed by atoms with Crippen molar-refractivity contribution in [3.05, 3.63) is 0 Å². The molecule has 0 bridgehead atoms. The Hall–Kier alpha value is 0.836. The molecule has 0 aliphatic carbocycles. The molecule has 48 valence electrons. The summed E-state index contributed by atoms with van der Waals surface area (Å²) < 4.78 is 8.66. The number of phosphoric acid groups is 1. The smallest absolute Gasteiger partial charge is 0.790 e. The van der Waals surface area contributed by atoms with Gasteiger partial charge in [0.15, 0.2) is 0 Å². The zero-order chi connectivity index (χ0) is 4.50. The minimum atomic E-state index is -5.14. The summed E-state index contributed by atoms with van der Waals surface area (Å²) in [5, 5.41) is 0. The van der Waals surface area contributed by atoms with E-state index in [2.05, 4.69) is 0 Å². The number of hydrogen-bond acceptors (Lipinski definition) is 4. The Labute approximate surface area is 64.1 Å². The normalized spacial score (nSPS) is 7.38. The topological polar surface area (TPSA) is 118 Å². The molecule has 0 unspecified atom stereocenters. The molecule has 0 heterocycles. The summed E-state index contributed by atoms with van der Waals surface area (Å²) in [6, 6.07) is 0. The molecule has 0 spiro atoms.